The van der Waals surface area contributed by atoms with E-state index in [1.165, 1.54) is 11.0 Å². The lowest BCUT2D eigenvalue weighted by atomic mass is 10.3. The van der Waals surface area contributed by atoms with Gasteiger partial charge in [0.2, 0.25) is 5.91 Å². The van der Waals surface area contributed by atoms with Crippen LogP contribution in [0.15, 0.2) is 18.2 Å². The zero-order chi connectivity index (χ0) is 11.0. The summed E-state index contributed by atoms with van der Waals surface area (Å²) in [5.74, 6) is -0.367. The molecule has 80 valence electrons. The average Bonchev–Trinajstić information content (AvgIpc) is 2.45. The van der Waals surface area contributed by atoms with Gasteiger partial charge in [-0.2, -0.15) is 0 Å². The Morgan fingerprint density at radius 3 is 2.80 bits per heavy atom. The summed E-state index contributed by atoms with van der Waals surface area (Å²) in [4.78, 5) is 13.2. The van der Waals surface area contributed by atoms with Crippen LogP contribution < -0.4 is 4.90 Å². The van der Waals surface area contributed by atoms with Gasteiger partial charge in [-0.25, -0.2) is 4.39 Å². The highest BCUT2D eigenvalue weighted by Crippen LogP contribution is 2.28. The van der Waals surface area contributed by atoms with E-state index in [1.54, 1.807) is 12.1 Å². The van der Waals surface area contributed by atoms with Crippen molar-refractivity contribution in [3.8, 4) is 0 Å². The van der Waals surface area contributed by atoms with E-state index in [-0.39, 0.29) is 16.6 Å². The fraction of sp³-hybridized carbons (Fsp3) is 0.300. The number of benzene rings is 1. The van der Waals surface area contributed by atoms with Crippen molar-refractivity contribution in [2.24, 2.45) is 0 Å². The molecule has 1 aromatic rings. The number of amides is 1. The molecule has 5 heteroatoms. The number of hydrogen-bond donors (Lipinski definition) is 0. The predicted molar refractivity (Wildman–Crippen MR) is 68.8 cm³/mol. The van der Waals surface area contributed by atoms with Gasteiger partial charge in [-0.1, -0.05) is 15.9 Å². The van der Waals surface area contributed by atoms with E-state index in [0.29, 0.717) is 18.7 Å². The van der Waals surface area contributed by atoms with Crippen molar-refractivity contribution in [3.05, 3.63) is 27.6 Å². The van der Waals surface area contributed by atoms with Crippen LogP contribution in [0.2, 0.25) is 0 Å². The van der Waals surface area contributed by atoms with E-state index in [1.807, 2.05) is 22.6 Å². The van der Waals surface area contributed by atoms with E-state index in [2.05, 4.69) is 15.9 Å². The molecule has 2 rings (SSSR count). The second-order valence-corrected chi connectivity index (χ2v) is 5.94. The highest BCUT2D eigenvalue weighted by atomic mass is 127. The molecule has 15 heavy (non-hydrogen) atoms. The Morgan fingerprint density at radius 1 is 1.53 bits per heavy atom. The largest absolute Gasteiger partial charge is 0.308 e. The van der Waals surface area contributed by atoms with Gasteiger partial charge in [-0.15, -0.1) is 0 Å². The number of carbonyl (C=O) groups is 1. The van der Waals surface area contributed by atoms with Crippen LogP contribution in [0.3, 0.4) is 0 Å². The minimum absolute atomic E-state index is 0.0306. The van der Waals surface area contributed by atoms with Gasteiger partial charge in [0.25, 0.3) is 0 Å². The summed E-state index contributed by atoms with van der Waals surface area (Å²) in [6, 6.07) is 4.89. The zero-order valence-electron chi connectivity index (χ0n) is 7.71. The molecule has 1 aromatic carbocycles. The summed E-state index contributed by atoms with van der Waals surface area (Å²) in [5, 5.41) is 0. The molecular formula is C10H8BrFINO. The van der Waals surface area contributed by atoms with Gasteiger partial charge in [0, 0.05) is 21.4 Å². The molecule has 1 aliphatic rings. The topological polar surface area (TPSA) is 20.3 Å². The first-order valence-corrected chi connectivity index (χ1v) is 6.47. The second-order valence-electron chi connectivity index (χ2n) is 3.40. The molecule has 0 aromatic heterocycles. The fourth-order valence-electron chi connectivity index (χ4n) is 1.60. The molecule has 0 aliphatic carbocycles. The van der Waals surface area contributed by atoms with Gasteiger partial charge in [-0.3, -0.25) is 4.79 Å². The third-order valence-corrected chi connectivity index (χ3v) is 3.56. The minimum Gasteiger partial charge on any atom is -0.308 e. The van der Waals surface area contributed by atoms with Gasteiger partial charge < -0.3 is 4.90 Å². The fourth-order valence-corrected chi connectivity index (χ4v) is 2.62. The summed E-state index contributed by atoms with van der Waals surface area (Å²) in [7, 11) is 0. The van der Waals surface area contributed by atoms with Crippen LogP contribution >= 0.6 is 38.5 Å². The Balaban J connectivity index is 2.34. The molecule has 0 N–H and O–H groups in total. The van der Waals surface area contributed by atoms with Crippen molar-refractivity contribution in [2.75, 3.05) is 11.4 Å². The van der Waals surface area contributed by atoms with Crippen LogP contribution in [-0.2, 0) is 4.79 Å². The molecule has 2 nitrogen and oxygen atoms in total. The minimum atomic E-state index is -0.336. The Bertz CT molecular complexity index is 412. The molecule has 0 radical (unpaired) electrons. The maximum Gasteiger partial charge on any atom is 0.228 e. The van der Waals surface area contributed by atoms with Crippen LogP contribution in [0.25, 0.3) is 0 Å². The summed E-state index contributed by atoms with van der Waals surface area (Å²) in [5.41, 5.74) is 0.377. The number of halogens is 3. The van der Waals surface area contributed by atoms with Crippen molar-refractivity contribution in [1.82, 2.24) is 0 Å². The average molecular weight is 384 g/mol. The van der Waals surface area contributed by atoms with Crippen molar-refractivity contribution in [3.63, 3.8) is 0 Å². The van der Waals surface area contributed by atoms with Crippen LogP contribution in [0, 0.1) is 9.39 Å². The van der Waals surface area contributed by atoms with Crippen molar-refractivity contribution < 1.29 is 9.18 Å². The zero-order valence-corrected chi connectivity index (χ0v) is 11.5. The van der Waals surface area contributed by atoms with E-state index >= 15 is 0 Å². The first-order valence-electron chi connectivity index (χ1n) is 4.47. The summed E-state index contributed by atoms with van der Waals surface area (Å²) >= 11 is 5.41. The Hall–Kier alpha value is -0.170. The summed E-state index contributed by atoms with van der Waals surface area (Å²) in [6.45, 7) is 0.538. The van der Waals surface area contributed by atoms with Crippen LogP contribution in [0.1, 0.15) is 6.42 Å². The molecule has 1 unspecified atom stereocenters. The summed E-state index contributed by atoms with van der Waals surface area (Å²) < 4.78 is 14.4. The first kappa shape index (κ1) is 11.3. The van der Waals surface area contributed by atoms with E-state index < -0.39 is 0 Å². The molecule has 0 saturated carbocycles. The third kappa shape index (κ3) is 2.33. The predicted octanol–water partition coefficient (Wildman–Crippen LogP) is 2.93. The van der Waals surface area contributed by atoms with E-state index in [9.17, 15) is 9.18 Å². The number of hydrogen-bond acceptors (Lipinski definition) is 1. The van der Waals surface area contributed by atoms with Gasteiger partial charge in [0.15, 0.2) is 0 Å². The van der Waals surface area contributed by atoms with E-state index in [0.717, 1.165) is 3.57 Å². The lowest BCUT2D eigenvalue weighted by molar-refractivity contribution is -0.117. The number of carbonyl (C=O) groups excluding carboxylic acids is 1. The number of rotatable bonds is 1. The number of anilines is 1. The molecule has 1 fully saturated rings. The third-order valence-electron chi connectivity index (χ3n) is 2.28. The van der Waals surface area contributed by atoms with Crippen LogP contribution in [-0.4, -0.2) is 17.3 Å². The maximum atomic E-state index is 13.6. The molecule has 0 spiro atoms. The lowest BCUT2D eigenvalue weighted by Gasteiger charge is -2.16. The molecular weight excluding hydrogens is 376 g/mol. The van der Waals surface area contributed by atoms with Crippen molar-refractivity contribution in [1.29, 1.82) is 0 Å². The second kappa shape index (κ2) is 4.37. The van der Waals surface area contributed by atoms with Gasteiger partial charge in [0.1, 0.15) is 5.82 Å². The van der Waals surface area contributed by atoms with Crippen molar-refractivity contribution in [2.45, 2.75) is 11.2 Å². The van der Waals surface area contributed by atoms with Crippen LogP contribution in [0.4, 0.5) is 10.1 Å². The monoisotopic (exact) mass is 383 g/mol. The lowest BCUT2D eigenvalue weighted by Crippen LogP contribution is -2.25. The maximum absolute atomic E-state index is 13.6. The van der Waals surface area contributed by atoms with Gasteiger partial charge >= 0.3 is 0 Å². The number of alkyl halides is 1. The first-order chi connectivity index (χ1) is 7.08. The normalized spacial score (nSPS) is 21.1. The van der Waals surface area contributed by atoms with Gasteiger partial charge in [-0.05, 0) is 40.8 Å². The Labute approximate surface area is 109 Å². The molecule has 0 bridgehead atoms. The smallest absolute Gasteiger partial charge is 0.228 e. The Morgan fingerprint density at radius 2 is 2.27 bits per heavy atom. The molecule has 1 atom stereocenters. The van der Waals surface area contributed by atoms with E-state index in [4.69, 9.17) is 0 Å². The molecule has 1 amide bonds. The van der Waals surface area contributed by atoms with Gasteiger partial charge in [0.05, 0.1) is 5.69 Å². The highest BCUT2D eigenvalue weighted by molar-refractivity contribution is 14.1. The molecule has 1 aliphatic heterocycles. The standard InChI is InChI=1S/C10H8BrFINO/c11-6-3-10(15)14(5-6)9-2-1-7(13)4-8(9)12/h1-2,4,6H,3,5H2. The number of nitrogens with zero attached hydrogens (tertiary/aromatic N) is 1. The van der Waals surface area contributed by atoms with Crippen LogP contribution in [0.5, 0.6) is 0 Å². The SMILES string of the molecule is O=C1CC(Br)CN1c1ccc(I)cc1F. The Kier molecular flexibility index (Phi) is 3.30. The van der Waals surface area contributed by atoms with Crippen molar-refractivity contribution >= 4 is 50.1 Å². The highest BCUT2D eigenvalue weighted by Gasteiger charge is 2.30. The summed E-state index contributed by atoms with van der Waals surface area (Å²) in [6.07, 6.45) is 0.436. The molecule has 1 saturated heterocycles. The molecule has 1 heterocycles. The quantitative estimate of drug-likeness (QED) is 0.539.